The number of fused-ring (bicyclic) bond motifs is 4. The van der Waals surface area contributed by atoms with Gasteiger partial charge in [-0.3, -0.25) is 0 Å². The molecular formula is C25H19N. The van der Waals surface area contributed by atoms with Crippen LogP contribution in [-0.4, -0.2) is 0 Å². The predicted molar refractivity (Wildman–Crippen MR) is 110 cm³/mol. The van der Waals surface area contributed by atoms with Crippen molar-refractivity contribution >= 4 is 27.8 Å². The molecule has 0 amide bonds. The van der Waals surface area contributed by atoms with E-state index in [2.05, 4.69) is 83.8 Å². The summed E-state index contributed by atoms with van der Waals surface area (Å²) in [6.07, 6.45) is 3.72. The average Bonchev–Trinajstić information content (AvgIpc) is 3.03. The first-order valence-electron chi connectivity index (χ1n) is 9.43. The van der Waals surface area contributed by atoms with Crippen LogP contribution in [0.1, 0.15) is 17.5 Å². The molecule has 0 saturated carbocycles. The van der Waals surface area contributed by atoms with Gasteiger partial charge in [-0.25, -0.2) is 0 Å². The molecule has 3 aliphatic rings. The van der Waals surface area contributed by atoms with Gasteiger partial charge >= 0.3 is 0 Å². The molecule has 0 saturated heterocycles. The molecule has 7 rings (SSSR count). The van der Waals surface area contributed by atoms with E-state index >= 15 is 0 Å². The van der Waals surface area contributed by atoms with Gasteiger partial charge in [-0.05, 0) is 77.1 Å². The highest BCUT2D eigenvalue weighted by Gasteiger charge is 2.23. The van der Waals surface area contributed by atoms with Gasteiger partial charge in [0.1, 0.15) is 0 Å². The van der Waals surface area contributed by atoms with Gasteiger partial charge in [-0.2, -0.15) is 0 Å². The Labute approximate surface area is 153 Å². The van der Waals surface area contributed by atoms with Crippen molar-refractivity contribution in [2.24, 2.45) is 0 Å². The van der Waals surface area contributed by atoms with Crippen LogP contribution in [0, 0.1) is 0 Å². The fourth-order valence-electron chi connectivity index (χ4n) is 4.65. The molecule has 1 aliphatic carbocycles. The number of nitrogens with zero attached hydrogens (tertiary/aromatic N) is 1. The number of hydrogen-bond donors (Lipinski definition) is 0. The van der Waals surface area contributed by atoms with Crippen LogP contribution in [-0.2, 0) is 12.8 Å². The molecule has 0 aromatic heterocycles. The SMILES string of the molecule is c1ccc2c3c(ccc2c1)N(c1ccc2c(c1)CCC2)c1ccc-3cc1. The highest BCUT2D eigenvalue weighted by Crippen LogP contribution is 2.47. The normalized spacial score (nSPS) is 14.4. The number of hydrogen-bond acceptors (Lipinski definition) is 1. The summed E-state index contributed by atoms with van der Waals surface area (Å²) in [5, 5.41) is 2.62. The van der Waals surface area contributed by atoms with Crippen LogP contribution >= 0.6 is 0 Å². The van der Waals surface area contributed by atoms with Crippen molar-refractivity contribution < 1.29 is 0 Å². The van der Waals surface area contributed by atoms with E-state index in [1.54, 1.807) is 0 Å². The first kappa shape index (κ1) is 14.1. The molecule has 0 radical (unpaired) electrons. The van der Waals surface area contributed by atoms with E-state index in [1.165, 1.54) is 69.4 Å². The summed E-state index contributed by atoms with van der Waals surface area (Å²) in [4.78, 5) is 2.42. The summed E-state index contributed by atoms with van der Waals surface area (Å²) >= 11 is 0. The number of anilines is 3. The molecule has 0 N–H and O–H groups in total. The second kappa shape index (κ2) is 5.22. The zero-order chi connectivity index (χ0) is 17.1. The molecule has 2 aliphatic heterocycles. The van der Waals surface area contributed by atoms with Crippen LogP contribution in [0.25, 0.3) is 21.9 Å². The van der Waals surface area contributed by atoms with E-state index in [0.717, 1.165) is 0 Å². The molecule has 0 spiro atoms. The molecule has 2 heterocycles. The van der Waals surface area contributed by atoms with E-state index in [0.29, 0.717) is 0 Å². The van der Waals surface area contributed by atoms with Crippen LogP contribution < -0.4 is 4.90 Å². The molecule has 124 valence electrons. The number of aryl methyl sites for hydroxylation is 2. The van der Waals surface area contributed by atoms with Gasteiger partial charge in [0.05, 0.1) is 5.69 Å². The maximum absolute atomic E-state index is 2.42. The summed E-state index contributed by atoms with van der Waals surface area (Å²) in [5.74, 6) is 0. The van der Waals surface area contributed by atoms with Crippen LogP contribution in [0.5, 0.6) is 0 Å². The maximum Gasteiger partial charge on any atom is 0.0546 e. The third-order valence-corrected chi connectivity index (χ3v) is 5.90. The lowest BCUT2D eigenvalue weighted by atomic mass is 9.97. The Balaban J connectivity index is 1.66. The minimum Gasteiger partial charge on any atom is -0.310 e. The summed E-state index contributed by atoms with van der Waals surface area (Å²) in [5.41, 5.74) is 9.46. The van der Waals surface area contributed by atoms with Crippen molar-refractivity contribution in [3.05, 3.63) is 90.0 Å². The third-order valence-electron chi connectivity index (χ3n) is 5.90. The third kappa shape index (κ3) is 1.91. The Morgan fingerprint density at radius 3 is 2.38 bits per heavy atom. The zero-order valence-corrected chi connectivity index (χ0v) is 14.6. The van der Waals surface area contributed by atoms with Crippen molar-refractivity contribution in [1.29, 1.82) is 0 Å². The highest BCUT2D eigenvalue weighted by molar-refractivity contribution is 6.06. The van der Waals surface area contributed by atoms with Crippen LogP contribution in [0.4, 0.5) is 17.1 Å². The lowest BCUT2D eigenvalue weighted by Gasteiger charge is -2.26. The lowest BCUT2D eigenvalue weighted by molar-refractivity contribution is 0.912. The number of benzene rings is 4. The van der Waals surface area contributed by atoms with Crippen molar-refractivity contribution in [3.63, 3.8) is 0 Å². The summed E-state index contributed by atoms with van der Waals surface area (Å²) in [6.45, 7) is 0. The molecule has 0 atom stereocenters. The van der Waals surface area contributed by atoms with E-state index in [-0.39, 0.29) is 0 Å². The summed E-state index contributed by atoms with van der Waals surface area (Å²) in [6, 6.07) is 29.3. The monoisotopic (exact) mass is 333 g/mol. The van der Waals surface area contributed by atoms with Gasteiger partial charge in [0.2, 0.25) is 0 Å². The molecule has 0 fully saturated rings. The Morgan fingerprint density at radius 2 is 1.46 bits per heavy atom. The Bertz CT molecular complexity index is 1150. The van der Waals surface area contributed by atoms with E-state index in [4.69, 9.17) is 0 Å². The van der Waals surface area contributed by atoms with Gasteiger partial charge < -0.3 is 4.90 Å². The molecular weight excluding hydrogens is 314 g/mol. The molecule has 4 aromatic carbocycles. The van der Waals surface area contributed by atoms with Gasteiger partial charge in [0.15, 0.2) is 0 Å². The standard InChI is InChI=1S/C25H19N/c1-2-7-23-18(4-1)11-15-24-25(23)19-9-12-21(13-10-19)26(24)22-14-8-17-5-3-6-20(17)16-22/h1-2,4,7-16H,3,5-6H2. The van der Waals surface area contributed by atoms with Gasteiger partial charge in [-0.1, -0.05) is 48.5 Å². The summed E-state index contributed by atoms with van der Waals surface area (Å²) in [7, 11) is 0. The molecule has 2 bridgehead atoms. The second-order valence-electron chi connectivity index (χ2n) is 7.37. The maximum atomic E-state index is 2.42. The smallest absolute Gasteiger partial charge is 0.0546 e. The Kier molecular flexibility index (Phi) is 2.84. The van der Waals surface area contributed by atoms with Gasteiger partial charge in [-0.15, -0.1) is 0 Å². The molecule has 0 unspecified atom stereocenters. The van der Waals surface area contributed by atoms with Gasteiger partial charge in [0, 0.05) is 16.9 Å². The second-order valence-corrected chi connectivity index (χ2v) is 7.37. The molecule has 1 nitrogen and oxygen atoms in total. The number of rotatable bonds is 1. The zero-order valence-electron chi connectivity index (χ0n) is 14.6. The van der Waals surface area contributed by atoms with Crippen molar-refractivity contribution in [3.8, 4) is 11.1 Å². The van der Waals surface area contributed by atoms with Gasteiger partial charge in [0.25, 0.3) is 0 Å². The minimum atomic E-state index is 1.21. The Hall–Kier alpha value is -3.06. The quantitative estimate of drug-likeness (QED) is 0.327. The van der Waals surface area contributed by atoms with E-state index < -0.39 is 0 Å². The fourth-order valence-corrected chi connectivity index (χ4v) is 4.65. The first-order chi connectivity index (χ1) is 12.9. The highest BCUT2D eigenvalue weighted by atomic mass is 15.1. The topological polar surface area (TPSA) is 3.24 Å². The van der Waals surface area contributed by atoms with Crippen LogP contribution in [0.2, 0.25) is 0 Å². The Morgan fingerprint density at radius 1 is 0.654 bits per heavy atom. The van der Waals surface area contributed by atoms with Crippen molar-refractivity contribution in [2.45, 2.75) is 19.3 Å². The minimum absolute atomic E-state index is 1.21. The van der Waals surface area contributed by atoms with Crippen LogP contribution in [0.3, 0.4) is 0 Å². The predicted octanol–water partition coefficient (Wildman–Crippen LogP) is 6.78. The summed E-state index contributed by atoms with van der Waals surface area (Å²) < 4.78 is 0. The molecule has 4 aromatic rings. The molecule has 1 heteroatoms. The van der Waals surface area contributed by atoms with Crippen molar-refractivity contribution in [1.82, 2.24) is 0 Å². The first-order valence-corrected chi connectivity index (χ1v) is 9.43. The van der Waals surface area contributed by atoms with E-state index in [9.17, 15) is 0 Å². The largest absolute Gasteiger partial charge is 0.310 e. The van der Waals surface area contributed by atoms with E-state index in [1.807, 2.05) is 0 Å². The lowest BCUT2D eigenvalue weighted by Crippen LogP contribution is -2.10. The molecule has 26 heavy (non-hydrogen) atoms. The van der Waals surface area contributed by atoms with Crippen LogP contribution in [0.15, 0.2) is 78.9 Å². The fraction of sp³-hybridized carbons (Fsp3) is 0.120. The van der Waals surface area contributed by atoms with Crippen molar-refractivity contribution in [2.75, 3.05) is 4.90 Å². The average molecular weight is 333 g/mol.